The summed E-state index contributed by atoms with van der Waals surface area (Å²) in [7, 11) is 0. The van der Waals surface area contributed by atoms with Crippen LogP contribution in [0.25, 0.3) is 0 Å². The number of aliphatic hydroxyl groups excluding tert-OH is 4. The average Bonchev–Trinajstić information content (AvgIpc) is 3.51. The highest BCUT2D eigenvalue weighted by atomic mass is 16.8. The predicted molar refractivity (Wildman–Crippen MR) is 116 cm³/mol. The minimum Gasteiger partial charge on any atom is -0.387 e. The Morgan fingerprint density at radius 1 is 0.853 bits per heavy atom. The Kier molecular flexibility index (Phi) is 6.59. The van der Waals surface area contributed by atoms with Crippen molar-refractivity contribution < 1.29 is 48.8 Å². The standard InChI is InChI=1S/C24H40O10/c1-22(2)13-6-5-12(7-13)14(22)8-29-20-18(27)17(26)16(25)15(33-20)9-30-21-19(28)24(10-31-21)11-32-23(3,4)34-24/h12-21,25-28H,5-11H2,1-4H3. The summed E-state index contributed by atoms with van der Waals surface area (Å²) in [5, 5.41) is 42.1. The van der Waals surface area contributed by atoms with Crippen LogP contribution >= 0.6 is 0 Å². The lowest BCUT2D eigenvalue weighted by Gasteiger charge is -2.43. The quantitative estimate of drug-likeness (QED) is 0.409. The number of hydrogen-bond donors (Lipinski definition) is 4. The zero-order valence-electron chi connectivity index (χ0n) is 20.5. The van der Waals surface area contributed by atoms with Crippen molar-refractivity contribution in [3.8, 4) is 0 Å². The summed E-state index contributed by atoms with van der Waals surface area (Å²) in [5.41, 5.74) is -0.856. The van der Waals surface area contributed by atoms with Gasteiger partial charge in [-0.15, -0.1) is 0 Å². The number of hydrogen-bond acceptors (Lipinski definition) is 10. The van der Waals surface area contributed by atoms with E-state index in [9.17, 15) is 20.4 Å². The highest BCUT2D eigenvalue weighted by molar-refractivity contribution is 5.02. The summed E-state index contributed by atoms with van der Waals surface area (Å²) in [6, 6.07) is 0. The summed E-state index contributed by atoms with van der Waals surface area (Å²) < 4.78 is 34.6. The van der Waals surface area contributed by atoms with E-state index in [1.807, 2.05) is 0 Å². The van der Waals surface area contributed by atoms with E-state index in [-0.39, 0.29) is 25.2 Å². The van der Waals surface area contributed by atoms with Crippen molar-refractivity contribution in [2.75, 3.05) is 26.4 Å². The minimum absolute atomic E-state index is 0.1000. The number of rotatable bonds is 6. The predicted octanol–water partition coefficient (Wildman–Crippen LogP) is 0.138. The number of ether oxygens (including phenoxy) is 6. The van der Waals surface area contributed by atoms with Gasteiger partial charge in [-0.25, -0.2) is 0 Å². The molecule has 0 aromatic rings. The lowest BCUT2D eigenvalue weighted by molar-refractivity contribution is -0.313. The van der Waals surface area contributed by atoms with Gasteiger partial charge in [-0.3, -0.25) is 0 Å². The van der Waals surface area contributed by atoms with Crippen LogP contribution < -0.4 is 0 Å². The number of aliphatic hydroxyl groups is 4. The molecule has 2 bridgehead atoms. The van der Waals surface area contributed by atoms with Crippen LogP contribution in [0.4, 0.5) is 0 Å². The second kappa shape index (κ2) is 8.86. The monoisotopic (exact) mass is 488 g/mol. The van der Waals surface area contributed by atoms with Crippen LogP contribution in [0.15, 0.2) is 0 Å². The molecule has 3 saturated heterocycles. The van der Waals surface area contributed by atoms with Crippen LogP contribution in [-0.2, 0) is 28.4 Å². The molecule has 10 heteroatoms. The Balaban J connectivity index is 1.17. The van der Waals surface area contributed by atoms with E-state index in [0.717, 1.165) is 0 Å². The maximum absolute atomic E-state index is 10.7. The molecule has 5 aliphatic rings. The summed E-state index contributed by atoms with van der Waals surface area (Å²) in [5.74, 6) is 0.824. The fourth-order valence-electron chi connectivity index (χ4n) is 6.75. The van der Waals surface area contributed by atoms with Gasteiger partial charge in [0.25, 0.3) is 0 Å². The molecule has 2 aliphatic carbocycles. The molecule has 0 aromatic carbocycles. The van der Waals surface area contributed by atoms with Gasteiger partial charge in [0.15, 0.2) is 18.4 Å². The highest BCUT2D eigenvalue weighted by Gasteiger charge is 2.58. The van der Waals surface area contributed by atoms with Crippen LogP contribution in [-0.4, -0.2) is 101 Å². The SMILES string of the molecule is CC1(C)OCC2(COC(OCC3OC(OCC4C5CCC(C5)C4(C)C)C(O)C(O)C3O)C2O)O1. The second-order valence-corrected chi connectivity index (χ2v) is 11.9. The van der Waals surface area contributed by atoms with Gasteiger partial charge in [-0.1, -0.05) is 13.8 Å². The molecule has 0 radical (unpaired) electrons. The summed E-state index contributed by atoms with van der Waals surface area (Å²) in [6.07, 6.45) is -4.71. The molecule has 4 N–H and O–H groups in total. The minimum atomic E-state index is -1.45. The molecule has 3 aliphatic heterocycles. The lowest BCUT2D eigenvalue weighted by Crippen LogP contribution is -2.60. The van der Waals surface area contributed by atoms with Crippen LogP contribution in [0.5, 0.6) is 0 Å². The van der Waals surface area contributed by atoms with Gasteiger partial charge in [0, 0.05) is 0 Å². The molecule has 5 rings (SSSR count). The fourth-order valence-corrected chi connectivity index (χ4v) is 6.75. The molecule has 11 atom stereocenters. The zero-order chi connectivity index (χ0) is 24.5. The van der Waals surface area contributed by atoms with Crippen LogP contribution in [0.2, 0.25) is 0 Å². The molecule has 2 saturated carbocycles. The van der Waals surface area contributed by atoms with Gasteiger partial charge in [0.05, 0.1) is 26.4 Å². The topological polar surface area (TPSA) is 136 Å². The average molecular weight is 489 g/mol. The first-order chi connectivity index (χ1) is 15.9. The van der Waals surface area contributed by atoms with E-state index in [1.165, 1.54) is 19.3 Å². The largest absolute Gasteiger partial charge is 0.387 e. The maximum Gasteiger partial charge on any atom is 0.186 e. The third kappa shape index (κ3) is 4.23. The maximum atomic E-state index is 10.7. The summed E-state index contributed by atoms with van der Waals surface area (Å²) in [4.78, 5) is 0. The molecule has 3 heterocycles. The van der Waals surface area contributed by atoms with E-state index >= 15 is 0 Å². The molecule has 0 amide bonds. The third-order valence-electron chi connectivity index (χ3n) is 8.99. The van der Waals surface area contributed by atoms with Crippen molar-refractivity contribution >= 4 is 0 Å². The second-order valence-electron chi connectivity index (χ2n) is 11.9. The van der Waals surface area contributed by atoms with Gasteiger partial charge >= 0.3 is 0 Å². The first-order valence-corrected chi connectivity index (χ1v) is 12.5. The van der Waals surface area contributed by atoms with E-state index in [0.29, 0.717) is 24.4 Å². The Hall–Kier alpha value is -0.400. The Morgan fingerprint density at radius 2 is 1.59 bits per heavy atom. The van der Waals surface area contributed by atoms with Crippen LogP contribution in [0.1, 0.15) is 47.0 Å². The molecular weight excluding hydrogens is 448 g/mol. The van der Waals surface area contributed by atoms with Crippen molar-refractivity contribution in [2.45, 2.75) is 101 Å². The molecule has 0 aromatic heterocycles. The molecular formula is C24H40O10. The van der Waals surface area contributed by atoms with E-state index in [1.54, 1.807) is 13.8 Å². The first kappa shape index (κ1) is 25.3. The van der Waals surface area contributed by atoms with E-state index in [4.69, 9.17) is 28.4 Å². The summed E-state index contributed by atoms with van der Waals surface area (Å²) in [6.45, 7) is 8.60. The summed E-state index contributed by atoms with van der Waals surface area (Å²) >= 11 is 0. The third-order valence-corrected chi connectivity index (χ3v) is 8.99. The van der Waals surface area contributed by atoms with Crippen molar-refractivity contribution in [1.82, 2.24) is 0 Å². The molecule has 1 spiro atoms. The normalized spacial score (nSPS) is 51.5. The first-order valence-electron chi connectivity index (χ1n) is 12.5. The Labute approximate surface area is 200 Å². The van der Waals surface area contributed by atoms with Gasteiger partial charge in [0.1, 0.15) is 36.1 Å². The lowest BCUT2D eigenvalue weighted by atomic mass is 9.69. The van der Waals surface area contributed by atoms with Crippen molar-refractivity contribution in [2.24, 2.45) is 23.2 Å². The fraction of sp³-hybridized carbons (Fsp3) is 1.00. The van der Waals surface area contributed by atoms with E-state index in [2.05, 4.69) is 13.8 Å². The van der Waals surface area contributed by atoms with Gasteiger partial charge < -0.3 is 48.8 Å². The molecule has 10 nitrogen and oxygen atoms in total. The molecule has 196 valence electrons. The van der Waals surface area contributed by atoms with Crippen LogP contribution in [0.3, 0.4) is 0 Å². The zero-order valence-corrected chi connectivity index (χ0v) is 20.5. The Morgan fingerprint density at radius 3 is 2.24 bits per heavy atom. The number of fused-ring (bicyclic) bond motifs is 2. The van der Waals surface area contributed by atoms with Crippen molar-refractivity contribution in [3.05, 3.63) is 0 Å². The smallest absolute Gasteiger partial charge is 0.186 e. The van der Waals surface area contributed by atoms with Gasteiger partial charge in [-0.05, 0) is 56.3 Å². The van der Waals surface area contributed by atoms with Crippen molar-refractivity contribution in [3.63, 3.8) is 0 Å². The highest BCUT2D eigenvalue weighted by Crippen LogP contribution is 2.59. The van der Waals surface area contributed by atoms with Crippen molar-refractivity contribution in [1.29, 1.82) is 0 Å². The van der Waals surface area contributed by atoms with Gasteiger partial charge in [-0.2, -0.15) is 0 Å². The van der Waals surface area contributed by atoms with E-state index < -0.39 is 54.5 Å². The van der Waals surface area contributed by atoms with Crippen LogP contribution in [0, 0.1) is 23.2 Å². The van der Waals surface area contributed by atoms with Gasteiger partial charge in [0.2, 0.25) is 0 Å². The molecule has 11 unspecified atom stereocenters. The molecule has 5 fully saturated rings. The Bertz CT molecular complexity index is 745. The molecule has 34 heavy (non-hydrogen) atoms.